The molecule has 2 aromatic carbocycles. The van der Waals surface area contributed by atoms with Gasteiger partial charge in [-0.05, 0) is 55.1 Å². The predicted octanol–water partition coefficient (Wildman–Crippen LogP) is 5.82. The van der Waals surface area contributed by atoms with Crippen LogP contribution in [0.15, 0.2) is 59.3 Å². The largest absolute Gasteiger partial charge is 0.330 e. The van der Waals surface area contributed by atoms with Crippen LogP contribution in [0.3, 0.4) is 0 Å². The minimum absolute atomic E-state index is 0.225. The van der Waals surface area contributed by atoms with Gasteiger partial charge in [-0.25, -0.2) is 25.3 Å². The zero-order valence-corrected chi connectivity index (χ0v) is 17.5. The van der Waals surface area contributed by atoms with Gasteiger partial charge in [0, 0.05) is 28.3 Å². The summed E-state index contributed by atoms with van der Waals surface area (Å²) in [5.41, 5.74) is 9.05. The average molecular weight is 441 g/mol. The molecule has 0 fully saturated rings. The maximum atomic E-state index is 12.7. The van der Waals surface area contributed by atoms with Crippen molar-refractivity contribution >= 4 is 22.7 Å². The highest BCUT2D eigenvalue weighted by atomic mass is 32.1. The second kappa shape index (κ2) is 10.7. The van der Waals surface area contributed by atoms with E-state index in [0.29, 0.717) is 13.1 Å². The van der Waals surface area contributed by atoms with Crippen LogP contribution in [-0.4, -0.2) is 16.5 Å². The van der Waals surface area contributed by atoms with Crippen LogP contribution in [0.25, 0.3) is 26.0 Å². The Kier molecular flexibility index (Phi) is 7.74. The van der Waals surface area contributed by atoms with Crippen molar-refractivity contribution in [3.63, 3.8) is 0 Å². The maximum Gasteiger partial charge on any atom is 0.257 e. The molecule has 0 aliphatic rings. The first kappa shape index (κ1) is 21.7. The van der Waals surface area contributed by atoms with E-state index in [-0.39, 0.29) is 11.6 Å². The van der Waals surface area contributed by atoms with Gasteiger partial charge in [0.1, 0.15) is 27.3 Å². The molecule has 2 aromatic heterocycles. The van der Waals surface area contributed by atoms with E-state index in [1.807, 2.05) is 10.8 Å². The smallest absolute Gasteiger partial charge is 0.257 e. The van der Waals surface area contributed by atoms with Crippen LogP contribution in [0.1, 0.15) is 11.4 Å². The van der Waals surface area contributed by atoms with Crippen molar-refractivity contribution in [1.82, 2.24) is 9.97 Å². The van der Waals surface area contributed by atoms with Crippen LogP contribution in [0.5, 0.6) is 0 Å². The van der Waals surface area contributed by atoms with Gasteiger partial charge in [0.15, 0.2) is 0 Å². The van der Waals surface area contributed by atoms with Crippen LogP contribution >= 0.6 is 22.7 Å². The molecule has 0 radical (unpaired) electrons. The van der Waals surface area contributed by atoms with E-state index in [1.54, 1.807) is 35.6 Å². The molecule has 8 heteroatoms. The molecule has 0 unspecified atom stereocenters. The molecule has 30 heavy (non-hydrogen) atoms. The Bertz CT molecular complexity index is 1110. The number of hydrogen-bond donors (Lipinski definition) is 1. The van der Waals surface area contributed by atoms with Gasteiger partial charge in [-0.2, -0.15) is 0 Å². The zero-order valence-electron chi connectivity index (χ0n) is 15.9. The first-order chi connectivity index (χ1) is 14.6. The number of rotatable bonds is 5. The standard InChI is InChI=1S/C11H7FN2S.C11H11FN2S/c1-13-6-10-7-15-11(14-10)8-2-4-9(12)5-3-8;12-9-3-1-8(2-4-9)11-14-10(5-6-13)7-15-11/h2-5,7H,6H2;1-4,7H,5-6,13H2. The molecule has 2 heterocycles. The quantitative estimate of drug-likeness (QED) is 0.398. The number of aromatic nitrogens is 2. The molecule has 0 saturated heterocycles. The number of thiazole rings is 2. The predicted molar refractivity (Wildman–Crippen MR) is 118 cm³/mol. The Balaban J connectivity index is 0.000000171. The summed E-state index contributed by atoms with van der Waals surface area (Å²) in [7, 11) is 0. The molecule has 4 aromatic rings. The maximum absolute atomic E-state index is 12.7. The molecule has 0 amide bonds. The van der Waals surface area contributed by atoms with Crippen molar-refractivity contribution in [3.8, 4) is 21.1 Å². The van der Waals surface area contributed by atoms with Crippen molar-refractivity contribution < 1.29 is 8.78 Å². The van der Waals surface area contributed by atoms with Gasteiger partial charge in [-0.15, -0.1) is 22.7 Å². The molecule has 152 valence electrons. The summed E-state index contributed by atoms with van der Waals surface area (Å²) in [4.78, 5) is 12.0. The van der Waals surface area contributed by atoms with Crippen molar-refractivity contribution in [2.24, 2.45) is 5.73 Å². The second-order valence-electron chi connectivity index (χ2n) is 6.16. The molecule has 0 saturated carbocycles. The topological polar surface area (TPSA) is 56.2 Å². The highest BCUT2D eigenvalue weighted by molar-refractivity contribution is 7.13. The highest BCUT2D eigenvalue weighted by Crippen LogP contribution is 2.25. The minimum Gasteiger partial charge on any atom is -0.330 e. The summed E-state index contributed by atoms with van der Waals surface area (Å²) in [5, 5.41) is 5.59. The number of nitrogens with zero attached hydrogens (tertiary/aromatic N) is 3. The molecule has 0 atom stereocenters. The first-order valence-electron chi connectivity index (χ1n) is 9.03. The van der Waals surface area contributed by atoms with Gasteiger partial charge in [-0.3, -0.25) is 0 Å². The molecule has 4 rings (SSSR count). The fourth-order valence-corrected chi connectivity index (χ4v) is 4.16. The van der Waals surface area contributed by atoms with E-state index >= 15 is 0 Å². The van der Waals surface area contributed by atoms with E-state index in [2.05, 4.69) is 14.8 Å². The Morgan fingerprint density at radius 3 is 1.73 bits per heavy atom. The van der Waals surface area contributed by atoms with Gasteiger partial charge in [0.25, 0.3) is 6.54 Å². The van der Waals surface area contributed by atoms with E-state index < -0.39 is 0 Å². The Morgan fingerprint density at radius 1 is 0.800 bits per heavy atom. The van der Waals surface area contributed by atoms with E-state index in [9.17, 15) is 8.78 Å². The van der Waals surface area contributed by atoms with Crippen molar-refractivity contribution in [1.29, 1.82) is 0 Å². The minimum atomic E-state index is -0.253. The summed E-state index contributed by atoms with van der Waals surface area (Å²) < 4.78 is 25.4. The third kappa shape index (κ3) is 6.00. The Morgan fingerprint density at radius 2 is 1.27 bits per heavy atom. The SMILES string of the molecule is NCCc1csc(-c2ccc(F)cc2)n1.[C-]#[N+]Cc1csc(-c2ccc(F)cc2)n1. The number of nitrogens with two attached hydrogens (primary N) is 1. The lowest BCUT2D eigenvalue weighted by Crippen LogP contribution is -2.02. The Labute approximate surface area is 181 Å². The van der Waals surface area contributed by atoms with Crippen LogP contribution in [0.4, 0.5) is 8.78 Å². The van der Waals surface area contributed by atoms with Gasteiger partial charge < -0.3 is 10.6 Å². The molecular formula is C22H18F2N4S2. The third-order valence-corrected chi connectivity index (χ3v) is 5.81. The van der Waals surface area contributed by atoms with Crippen molar-refractivity contribution in [2.45, 2.75) is 13.0 Å². The van der Waals surface area contributed by atoms with Gasteiger partial charge in [0.2, 0.25) is 0 Å². The molecular weight excluding hydrogens is 422 g/mol. The lowest BCUT2D eigenvalue weighted by atomic mass is 10.2. The number of hydrogen-bond acceptors (Lipinski definition) is 5. The average Bonchev–Trinajstić information content (AvgIpc) is 3.40. The highest BCUT2D eigenvalue weighted by Gasteiger charge is 2.06. The van der Waals surface area contributed by atoms with Crippen molar-refractivity contribution in [3.05, 3.63) is 93.7 Å². The Hall–Kier alpha value is -2.99. The fraction of sp³-hybridized carbons (Fsp3) is 0.136. The van der Waals surface area contributed by atoms with Crippen LogP contribution in [0, 0.1) is 18.2 Å². The van der Waals surface area contributed by atoms with E-state index in [1.165, 1.54) is 35.6 Å². The number of benzene rings is 2. The molecule has 0 bridgehead atoms. The van der Waals surface area contributed by atoms with Crippen molar-refractivity contribution in [2.75, 3.05) is 6.54 Å². The van der Waals surface area contributed by atoms with E-state index in [4.69, 9.17) is 12.3 Å². The summed E-state index contributed by atoms with van der Waals surface area (Å²) in [6.07, 6.45) is 0.789. The third-order valence-electron chi connectivity index (χ3n) is 3.93. The van der Waals surface area contributed by atoms with E-state index in [0.717, 1.165) is 39.0 Å². The van der Waals surface area contributed by atoms with Gasteiger partial charge in [-0.1, -0.05) is 0 Å². The van der Waals surface area contributed by atoms with Gasteiger partial charge >= 0.3 is 0 Å². The molecule has 4 nitrogen and oxygen atoms in total. The molecule has 0 aliphatic heterocycles. The van der Waals surface area contributed by atoms with Crippen LogP contribution in [-0.2, 0) is 13.0 Å². The normalized spacial score (nSPS) is 10.2. The summed E-state index contributed by atoms with van der Waals surface area (Å²) in [6.45, 7) is 7.63. The summed E-state index contributed by atoms with van der Waals surface area (Å²) in [6, 6.07) is 12.6. The van der Waals surface area contributed by atoms with Gasteiger partial charge in [0.05, 0.1) is 5.69 Å². The zero-order chi connectivity index (χ0) is 21.3. The molecule has 0 spiro atoms. The lowest BCUT2D eigenvalue weighted by molar-refractivity contribution is 0.627. The van der Waals surface area contributed by atoms with Crippen LogP contribution < -0.4 is 5.73 Å². The molecule has 2 N–H and O–H groups in total. The summed E-state index contributed by atoms with van der Waals surface area (Å²) >= 11 is 3.03. The first-order valence-corrected chi connectivity index (χ1v) is 10.8. The fourth-order valence-electron chi connectivity index (χ4n) is 2.48. The molecule has 0 aliphatic carbocycles. The lowest BCUT2D eigenvalue weighted by Gasteiger charge is -1.95. The summed E-state index contributed by atoms with van der Waals surface area (Å²) in [5.74, 6) is -0.478. The van der Waals surface area contributed by atoms with Crippen LogP contribution in [0.2, 0.25) is 0 Å². The monoisotopic (exact) mass is 440 g/mol. The second-order valence-corrected chi connectivity index (χ2v) is 7.87. The number of halogens is 2.